The van der Waals surface area contributed by atoms with E-state index in [4.69, 9.17) is 0 Å². The molecule has 0 bridgehead atoms. The highest BCUT2D eigenvalue weighted by Gasteiger charge is 2.17. The van der Waals surface area contributed by atoms with Crippen LogP contribution in [0.1, 0.15) is 25.5 Å². The van der Waals surface area contributed by atoms with Crippen LogP contribution in [-0.2, 0) is 4.79 Å². The van der Waals surface area contributed by atoms with E-state index in [0.717, 1.165) is 5.56 Å². The van der Waals surface area contributed by atoms with Gasteiger partial charge < -0.3 is 10.6 Å². The zero-order valence-corrected chi connectivity index (χ0v) is 11.4. The first-order chi connectivity index (χ1) is 9.04. The Labute approximate surface area is 113 Å². The first-order valence-electron chi connectivity index (χ1n) is 6.41. The van der Waals surface area contributed by atoms with Gasteiger partial charge in [0.2, 0.25) is 5.91 Å². The number of nitrogens with one attached hydrogen (secondary N) is 2. The van der Waals surface area contributed by atoms with Crippen LogP contribution in [0.3, 0.4) is 0 Å². The van der Waals surface area contributed by atoms with Gasteiger partial charge in [0.25, 0.3) is 0 Å². The fourth-order valence-electron chi connectivity index (χ4n) is 1.82. The minimum atomic E-state index is -0.273. The van der Waals surface area contributed by atoms with E-state index in [1.54, 1.807) is 18.2 Å². The number of carbonyl (C=O) groups excluding carboxylic acids is 1. The molecule has 0 spiro atoms. The molecule has 1 unspecified atom stereocenters. The van der Waals surface area contributed by atoms with E-state index in [0.29, 0.717) is 6.54 Å². The minimum absolute atomic E-state index is 0.0788. The van der Waals surface area contributed by atoms with E-state index >= 15 is 0 Å². The maximum absolute atomic E-state index is 12.9. The molecule has 0 saturated heterocycles. The van der Waals surface area contributed by atoms with E-state index in [1.807, 2.05) is 13.8 Å². The molecule has 0 radical (unpaired) electrons. The van der Waals surface area contributed by atoms with E-state index in [9.17, 15) is 9.18 Å². The van der Waals surface area contributed by atoms with Crippen molar-refractivity contribution >= 4 is 5.91 Å². The Morgan fingerprint density at radius 2 is 2.00 bits per heavy atom. The van der Waals surface area contributed by atoms with Crippen LogP contribution >= 0.6 is 0 Å². The largest absolute Gasteiger partial charge is 0.348 e. The van der Waals surface area contributed by atoms with Gasteiger partial charge in [-0.05, 0) is 23.6 Å². The molecule has 1 amide bonds. The Morgan fingerprint density at radius 1 is 1.37 bits per heavy atom. The summed E-state index contributed by atoms with van der Waals surface area (Å²) in [6, 6.07) is 6.12. The van der Waals surface area contributed by atoms with Crippen molar-refractivity contribution in [2.75, 3.05) is 13.1 Å². The van der Waals surface area contributed by atoms with E-state index in [-0.39, 0.29) is 30.2 Å². The molecule has 2 N–H and O–H groups in total. The average molecular weight is 264 g/mol. The van der Waals surface area contributed by atoms with Crippen LogP contribution in [0.25, 0.3) is 0 Å². The molecule has 0 heterocycles. The molecular formula is C15H21FN2O. The molecule has 0 aliphatic carbocycles. The van der Waals surface area contributed by atoms with Crippen LogP contribution in [0, 0.1) is 11.7 Å². The minimum Gasteiger partial charge on any atom is -0.348 e. The van der Waals surface area contributed by atoms with Crippen LogP contribution in [0.15, 0.2) is 36.9 Å². The summed E-state index contributed by atoms with van der Waals surface area (Å²) in [6.45, 7) is 8.45. The summed E-state index contributed by atoms with van der Waals surface area (Å²) in [6.07, 6.45) is 1.70. The zero-order valence-electron chi connectivity index (χ0n) is 11.4. The number of halogens is 1. The van der Waals surface area contributed by atoms with E-state index in [1.165, 1.54) is 12.1 Å². The third-order valence-electron chi connectivity index (χ3n) is 2.79. The van der Waals surface area contributed by atoms with Crippen LogP contribution in [-0.4, -0.2) is 19.0 Å². The zero-order chi connectivity index (χ0) is 14.3. The second-order valence-corrected chi connectivity index (χ2v) is 4.76. The maximum Gasteiger partial charge on any atom is 0.234 e. The molecule has 0 aromatic heterocycles. The Bertz CT molecular complexity index is 415. The lowest BCUT2D eigenvalue weighted by atomic mass is 9.96. The molecule has 4 heteroatoms. The molecule has 0 aliphatic rings. The van der Waals surface area contributed by atoms with Gasteiger partial charge in [-0.3, -0.25) is 4.79 Å². The normalized spacial score (nSPS) is 12.2. The molecule has 19 heavy (non-hydrogen) atoms. The summed E-state index contributed by atoms with van der Waals surface area (Å²) >= 11 is 0. The Balaban J connectivity index is 2.65. The number of benzene rings is 1. The van der Waals surface area contributed by atoms with E-state index in [2.05, 4.69) is 17.2 Å². The molecular weight excluding hydrogens is 243 g/mol. The van der Waals surface area contributed by atoms with Gasteiger partial charge in [-0.15, -0.1) is 6.58 Å². The SMILES string of the molecule is C=CCNCC(=O)NC(c1ccc(F)cc1)C(C)C. The van der Waals surface area contributed by atoms with Crippen molar-refractivity contribution in [3.8, 4) is 0 Å². The van der Waals surface area contributed by atoms with Gasteiger partial charge in [0.05, 0.1) is 12.6 Å². The van der Waals surface area contributed by atoms with Crippen molar-refractivity contribution in [3.63, 3.8) is 0 Å². The van der Waals surface area contributed by atoms with Crippen molar-refractivity contribution < 1.29 is 9.18 Å². The maximum atomic E-state index is 12.9. The van der Waals surface area contributed by atoms with Crippen LogP contribution in [0.5, 0.6) is 0 Å². The second-order valence-electron chi connectivity index (χ2n) is 4.76. The molecule has 0 aliphatic heterocycles. The highest BCUT2D eigenvalue weighted by atomic mass is 19.1. The van der Waals surface area contributed by atoms with Crippen LogP contribution < -0.4 is 10.6 Å². The molecule has 104 valence electrons. The lowest BCUT2D eigenvalue weighted by molar-refractivity contribution is -0.121. The third kappa shape index (κ3) is 5.22. The number of rotatable bonds is 7. The Kier molecular flexibility index (Phi) is 6.22. The topological polar surface area (TPSA) is 41.1 Å². The fraction of sp³-hybridized carbons (Fsp3) is 0.400. The second kappa shape index (κ2) is 7.69. The van der Waals surface area contributed by atoms with Gasteiger partial charge in [-0.25, -0.2) is 4.39 Å². The van der Waals surface area contributed by atoms with Crippen molar-refractivity contribution in [2.45, 2.75) is 19.9 Å². The monoisotopic (exact) mass is 264 g/mol. The predicted octanol–water partition coefficient (Wildman–Crippen LogP) is 2.41. The smallest absolute Gasteiger partial charge is 0.234 e. The number of hydrogen-bond acceptors (Lipinski definition) is 2. The Morgan fingerprint density at radius 3 is 2.53 bits per heavy atom. The molecule has 1 rings (SSSR count). The van der Waals surface area contributed by atoms with Crippen molar-refractivity contribution in [1.82, 2.24) is 10.6 Å². The lowest BCUT2D eigenvalue weighted by Crippen LogP contribution is -2.38. The summed E-state index contributed by atoms with van der Waals surface area (Å²) in [4.78, 5) is 11.8. The van der Waals surface area contributed by atoms with Gasteiger partial charge in [0.1, 0.15) is 5.82 Å². The highest BCUT2D eigenvalue weighted by Crippen LogP contribution is 2.21. The molecule has 0 saturated carbocycles. The van der Waals surface area contributed by atoms with Gasteiger partial charge >= 0.3 is 0 Å². The van der Waals surface area contributed by atoms with Crippen molar-refractivity contribution in [1.29, 1.82) is 0 Å². The van der Waals surface area contributed by atoms with Gasteiger partial charge in [0, 0.05) is 6.54 Å². The van der Waals surface area contributed by atoms with Crippen molar-refractivity contribution in [2.24, 2.45) is 5.92 Å². The Hall–Kier alpha value is -1.68. The van der Waals surface area contributed by atoms with E-state index < -0.39 is 0 Å². The number of hydrogen-bond donors (Lipinski definition) is 2. The standard InChI is InChI=1S/C15H21FN2O/c1-4-9-17-10-14(19)18-15(11(2)3)12-5-7-13(16)8-6-12/h4-8,11,15,17H,1,9-10H2,2-3H3,(H,18,19). The average Bonchev–Trinajstić information content (AvgIpc) is 2.37. The lowest BCUT2D eigenvalue weighted by Gasteiger charge is -2.23. The molecule has 1 aromatic carbocycles. The highest BCUT2D eigenvalue weighted by molar-refractivity contribution is 5.78. The summed E-state index contributed by atoms with van der Waals surface area (Å²) in [5.74, 6) is -0.121. The van der Waals surface area contributed by atoms with Crippen LogP contribution in [0.2, 0.25) is 0 Å². The molecule has 0 fully saturated rings. The molecule has 1 atom stereocenters. The summed E-state index contributed by atoms with van der Waals surface area (Å²) in [5, 5.41) is 5.90. The summed E-state index contributed by atoms with van der Waals surface area (Å²) in [7, 11) is 0. The van der Waals surface area contributed by atoms with Gasteiger partial charge in [0.15, 0.2) is 0 Å². The predicted molar refractivity (Wildman–Crippen MR) is 75.2 cm³/mol. The van der Waals surface area contributed by atoms with Crippen LogP contribution in [0.4, 0.5) is 4.39 Å². The first-order valence-corrected chi connectivity index (χ1v) is 6.41. The third-order valence-corrected chi connectivity index (χ3v) is 2.79. The number of carbonyl (C=O) groups is 1. The fourth-order valence-corrected chi connectivity index (χ4v) is 1.82. The summed E-state index contributed by atoms with van der Waals surface area (Å²) < 4.78 is 12.9. The molecule has 1 aromatic rings. The summed E-state index contributed by atoms with van der Waals surface area (Å²) in [5.41, 5.74) is 0.911. The molecule has 3 nitrogen and oxygen atoms in total. The van der Waals surface area contributed by atoms with Crippen molar-refractivity contribution in [3.05, 3.63) is 48.3 Å². The van der Waals surface area contributed by atoms with Gasteiger partial charge in [-0.2, -0.15) is 0 Å². The first kappa shape index (κ1) is 15.4. The van der Waals surface area contributed by atoms with Gasteiger partial charge in [-0.1, -0.05) is 32.1 Å². The quantitative estimate of drug-likeness (QED) is 0.586. The number of amides is 1.